The van der Waals surface area contributed by atoms with Crippen LogP contribution in [0.2, 0.25) is 0 Å². The summed E-state index contributed by atoms with van der Waals surface area (Å²) in [6.45, 7) is 0.951. The van der Waals surface area contributed by atoms with Crippen molar-refractivity contribution in [2.45, 2.75) is 18.0 Å². The first kappa shape index (κ1) is 16.1. The van der Waals surface area contributed by atoms with Gasteiger partial charge in [0, 0.05) is 29.4 Å². The SMILES string of the molecule is CS(=O)(=O)c1ccc(CNCc2ccc(Br)cc2F)cc1. The minimum Gasteiger partial charge on any atom is -0.309 e. The minimum absolute atomic E-state index is 0.260. The standard InChI is InChI=1S/C15H15BrFNO2S/c1-21(19,20)14-6-2-11(3-7-14)9-18-10-12-4-5-13(16)8-15(12)17/h2-8,18H,9-10H2,1H3. The van der Waals surface area contributed by atoms with Gasteiger partial charge in [-0.25, -0.2) is 12.8 Å². The molecule has 0 saturated heterocycles. The highest BCUT2D eigenvalue weighted by molar-refractivity contribution is 9.10. The van der Waals surface area contributed by atoms with Crippen LogP contribution in [0.5, 0.6) is 0 Å². The molecule has 0 aliphatic rings. The molecule has 0 aliphatic heterocycles. The normalized spacial score (nSPS) is 11.6. The molecule has 0 amide bonds. The second kappa shape index (κ2) is 6.68. The van der Waals surface area contributed by atoms with E-state index in [-0.39, 0.29) is 5.82 Å². The molecule has 112 valence electrons. The van der Waals surface area contributed by atoms with Gasteiger partial charge in [0.1, 0.15) is 5.82 Å². The molecule has 0 spiro atoms. The summed E-state index contributed by atoms with van der Waals surface area (Å²) in [5.41, 5.74) is 1.53. The van der Waals surface area contributed by atoms with Crippen molar-refractivity contribution >= 4 is 25.8 Å². The van der Waals surface area contributed by atoms with Crippen LogP contribution in [0.3, 0.4) is 0 Å². The zero-order chi connectivity index (χ0) is 15.5. The molecule has 1 N–H and O–H groups in total. The maximum Gasteiger partial charge on any atom is 0.175 e. The Bertz CT molecular complexity index is 730. The van der Waals surface area contributed by atoms with E-state index in [2.05, 4.69) is 21.2 Å². The molecule has 21 heavy (non-hydrogen) atoms. The monoisotopic (exact) mass is 371 g/mol. The van der Waals surface area contributed by atoms with Gasteiger partial charge in [-0.15, -0.1) is 0 Å². The smallest absolute Gasteiger partial charge is 0.175 e. The predicted octanol–water partition coefficient (Wildman–Crippen LogP) is 3.28. The van der Waals surface area contributed by atoms with E-state index in [1.54, 1.807) is 36.4 Å². The molecular formula is C15H15BrFNO2S. The molecule has 3 nitrogen and oxygen atoms in total. The lowest BCUT2D eigenvalue weighted by atomic mass is 10.2. The van der Waals surface area contributed by atoms with Gasteiger partial charge in [0.05, 0.1) is 4.90 Å². The average Bonchev–Trinajstić information content (AvgIpc) is 2.41. The summed E-state index contributed by atoms with van der Waals surface area (Å²) in [6.07, 6.45) is 1.18. The van der Waals surface area contributed by atoms with Crippen LogP contribution in [0.1, 0.15) is 11.1 Å². The van der Waals surface area contributed by atoms with E-state index in [0.29, 0.717) is 28.0 Å². The number of rotatable bonds is 5. The predicted molar refractivity (Wildman–Crippen MR) is 84.2 cm³/mol. The van der Waals surface area contributed by atoms with Crippen LogP contribution in [0.25, 0.3) is 0 Å². The molecule has 0 aliphatic carbocycles. The largest absolute Gasteiger partial charge is 0.309 e. The Kier molecular flexibility index (Phi) is 5.13. The molecule has 0 bridgehead atoms. The zero-order valence-corrected chi connectivity index (χ0v) is 13.8. The molecule has 0 unspecified atom stereocenters. The molecule has 2 aromatic carbocycles. The fraction of sp³-hybridized carbons (Fsp3) is 0.200. The summed E-state index contributed by atoms with van der Waals surface area (Å²) >= 11 is 3.21. The van der Waals surface area contributed by atoms with E-state index < -0.39 is 9.84 Å². The van der Waals surface area contributed by atoms with Crippen molar-refractivity contribution < 1.29 is 12.8 Å². The molecule has 0 atom stereocenters. The molecule has 0 radical (unpaired) electrons. The van der Waals surface area contributed by atoms with Gasteiger partial charge in [0.15, 0.2) is 9.84 Å². The number of benzene rings is 2. The lowest BCUT2D eigenvalue weighted by molar-refractivity contribution is 0.587. The summed E-state index contributed by atoms with van der Waals surface area (Å²) in [5, 5.41) is 3.13. The van der Waals surface area contributed by atoms with Crippen LogP contribution in [-0.2, 0) is 22.9 Å². The first-order valence-corrected chi connectivity index (χ1v) is 8.98. The maximum atomic E-state index is 13.6. The van der Waals surface area contributed by atoms with E-state index >= 15 is 0 Å². The van der Waals surface area contributed by atoms with Crippen LogP contribution in [0, 0.1) is 5.82 Å². The Hall–Kier alpha value is -1.24. The van der Waals surface area contributed by atoms with Crippen LogP contribution in [-0.4, -0.2) is 14.7 Å². The summed E-state index contributed by atoms with van der Waals surface area (Å²) in [6, 6.07) is 11.6. The summed E-state index contributed by atoms with van der Waals surface area (Å²) in [7, 11) is -3.17. The molecule has 2 aromatic rings. The molecule has 0 fully saturated rings. The summed E-state index contributed by atoms with van der Waals surface area (Å²) in [5.74, 6) is -0.260. The Balaban J connectivity index is 1.94. The van der Waals surface area contributed by atoms with Crippen molar-refractivity contribution in [3.63, 3.8) is 0 Å². The van der Waals surface area contributed by atoms with Gasteiger partial charge >= 0.3 is 0 Å². The van der Waals surface area contributed by atoms with Gasteiger partial charge in [-0.3, -0.25) is 0 Å². The van der Waals surface area contributed by atoms with Crippen molar-refractivity contribution in [2.75, 3.05) is 6.26 Å². The first-order chi connectivity index (χ1) is 9.86. The highest BCUT2D eigenvalue weighted by Crippen LogP contribution is 2.15. The Morgan fingerprint density at radius 3 is 2.33 bits per heavy atom. The number of nitrogens with one attached hydrogen (secondary N) is 1. The van der Waals surface area contributed by atoms with Crippen molar-refractivity contribution in [3.8, 4) is 0 Å². The Labute approximate surface area is 132 Å². The van der Waals surface area contributed by atoms with Crippen LogP contribution in [0.4, 0.5) is 4.39 Å². The fourth-order valence-electron chi connectivity index (χ4n) is 1.86. The highest BCUT2D eigenvalue weighted by atomic mass is 79.9. The van der Waals surface area contributed by atoms with Crippen molar-refractivity contribution in [1.29, 1.82) is 0 Å². The quantitative estimate of drug-likeness (QED) is 0.876. The fourth-order valence-corrected chi connectivity index (χ4v) is 2.82. The average molecular weight is 372 g/mol. The molecule has 0 aromatic heterocycles. The number of hydrogen-bond donors (Lipinski definition) is 1. The topological polar surface area (TPSA) is 46.2 Å². The van der Waals surface area contributed by atoms with E-state index in [9.17, 15) is 12.8 Å². The van der Waals surface area contributed by atoms with Gasteiger partial charge in [-0.2, -0.15) is 0 Å². The van der Waals surface area contributed by atoms with E-state index in [1.807, 2.05) is 0 Å². The third-order valence-corrected chi connectivity index (χ3v) is 4.63. The summed E-state index contributed by atoms with van der Waals surface area (Å²) in [4.78, 5) is 0.296. The van der Waals surface area contributed by atoms with Crippen LogP contribution >= 0.6 is 15.9 Å². The lowest BCUT2D eigenvalue weighted by Gasteiger charge is -2.07. The highest BCUT2D eigenvalue weighted by Gasteiger charge is 2.06. The molecule has 2 rings (SSSR count). The molecule has 0 heterocycles. The number of sulfone groups is 1. The van der Waals surface area contributed by atoms with Gasteiger partial charge in [0.2, 0.25) is 0 Å². The number of halogens is 2. The molecule has 6 heteroatoms. The first-order valence-electron chi connectivity index (χ1n) is 6.30. The van der Waals surface area contributed by atoms with Crippen LogP contribution in [0.15, 0.2) is 51.8 Å². The van der Waals surface area contributed by atoms with Gasteiger partial charge in [-0.1, -0.05) is 34.1 Å². The zero-order valence-electron chi connectivity index (χ0n) is 11.4. The third-order valence-electron chi connectivity index (χ3n) is 3.01. The number of hydrogen-bond acceptors (Lipinski definition) is 3. The second-order valence-corrected chi connectivity index (χ2v) is 7.69. The van der Waals surface area contributed by atoms with Gasteiger partial charge < -0.3 is 5.32 Å². The minimum atomic E-state index is -3.17. The second-order valence-electron chi connectivity index (χ2n) is 4.76. The maximum absolute atomic E-state index is 13.6. The van der Waals surface area contributed by atoms with Gasteiger partial charge in [-0.05, 0) is 29.8 Å². The van der Waals surface area contributed by atoms with Gasteiger partial charge in [0.25, 0.3) is 0 Å². The molecule has 0 saturated carbocycles. The third kappa shape index (κ3) is 4.62. The lowest BCUT2D eigenvalue weighted by Crippen LogP contribution is -2.13. The summed E-state index contributed by atoms with van der Waals surface area (Å²) < 4.78 is 37.0. The van der Waals surface area contributed by atoms with E-state index in [4.69, 9.17) is 0 Å². The van der Waals surface area contributed by atoms with Crippen LogP contribution < -0.4 is 5.32 Å². The van der Waals surface area contributed by atoms with E-state index in [0.717, 1.165) is 5.56 Å². The Morgan fingerprint density at radius 2 is 1.76 bits per heavy atom. The van der Waals surface area contributed by atoms with E-state index in [1.165, 1.54) is 12.3 Å². The van der Waals surface area contributed by atoms with Crippen molar-refractivity contribution in [3.05, 3.63) is 63.9 Å². The molecular weight excluding hydrogens is 357 g/mol. The Morgan fingerprint density at radius 1 is 1.10 bits per heavy atom. The van der Waals surface area contributed by atoms with Crippen molar-refractivity contribution in [1.82, 2.24) is 5.32 Å². The van der Waals surface area contributed by atoms with Crippen molar-refractivity contribution in [2.24, 2.45) is 0 Å².